The zero-order chi connectivity index (χ0) is 22.6. The molecule has 0 saturated heterocycles. The highest BCUT2D eigenvalue weighted by molar-refractivity contribution is 7.51. The van der Waals surface area contributed by atoms with Gasteiger partial charge in [-0.2, -0.15) is 8.42 Å². The zero-order valence-corrected chi connectivity index (χ0v) is 16.8. The molecule has 0 fully saturated rings. The highest BCUT2D eigenvalue weighted by Crippen LogP contribution is 2.23. The molecule has 0 aliphatic heterocycles. The summed E-state index contributed by atoms with van der Waals surface area (Å²) in [5.41, 5.74) is 2.36. The van der Waals surface area contributed by atoms with Crippen LogP contribution in [0.2, 0.25) is 0 Å². The Labute approximate surface area is 180 Å². The summed E-state index contributed by atoms with van der Waals surface area (Å²) in [4.78, 5) is 0. The van der Waals surface area contributed by atoms with Crippen molar-refractivity contribution in [3.63, 3.8) is 0 Å². The first kappa shape index (κ1) is 23.7. The Balaban J connectivity index is 0.000000196. The molecule has 0 aliphatic carbocycles. The quantitative estimate of drug-likeness (QED) is 0.327. The van der Waals surface area contributed by atoms with Crippen molar-refractivity contribution < 1.29 is 26.0 Å². The van der Waals surface area contributed by atoms with Crippen LogP contribution in [0.1, 0.15) is 0 Å². The molecule has 0 spiro atoms. The van der Waals surface area contributed by atoms with Gasteiger partial charge in [0.15, 0.2) is 0 Å². The molecule has 0 atom stereocenters. The molecule has 0 saturated carbocycles. The Morgan fingerprint density at radius 3 is 1.10 bits per heavy atom. The van der Waals surface area contributed by atoms with Crippen molar-refractivity contribution in [3.05, 3.63) is 120 Å². The Hall–Kier alpha value is -3.58. The maximum Gasteiger partial charge on any atom is 0.335 e. The topological polar surface area (TPSA) is 34.1 Å². The average Bonchev–Trinajstić information content (AvgIpc) is 2.76. The van der Waals surface area contributed by atoms with Crippen molar-refractivity contribution in [3.8, 4) is 22.3 Å². The average molecular weight is 444 g/mol. The fourth-order valence-corrected chi connectivity index (χ4v) is 2.68. The second-order valence-electron chi connectivity index (χ2n) is 6.05. The number of rotatable bonds is 2. The van der Waals surface area contributed by atoms with Gasteiger partial charge in [0.1, 0.15) is 23.3 Å². The van der Waals surface area contributed by atoms with Crippen LogP contribution in [0.25, 0.3) is 22.3 Å². The lowest BCUT2D eigenvalue weighted by molar-refractivity contribution is 0.585. The summed E-state index contributed by atoms with van der Waals surface area (Å²) in [5.74, 6) is -2.17. The van der Waals surface area contributed by atoms with Crippen molar-refractivity contribution in [2.24, 2.45) is 0 Å². The van der Waals surface area contributed by atoms with Crippen LogP contribution in [0.15, 0.2) is 97.1 Å². The van der Waals surface area contributed by atoms with Crippen molar-refractivity contribution in [1.82, 2.24) is 0 Å². The van der Waals surface area contributed by atoms with E-state index in [1.165, 1.54) is 24.3 Å². The first-order chi connectivity index (χ1) is 15.0. The van der Waals surface area contributed by atoms with E-state index in [1.807, 2.05) is 36.4 Å². The first-order valence-electron chi connectivity index (χ1n) is 8.89. The minimum Gasteiger partial charge on any atom is -0.207 e. The van der Waals surface area contributed by atoms with Crippen LogP contribution in [0, 0.1) is 23.3 Å². The van der Waals surface area contributed by atoms with E-state index >= 15 is 0 Å². The van der Waals surface area contributed by atoms with Crippen molar-refractivity contribution >= 4 is 11.6 Å². The predicted octanol–water partition coefficient (Wildman–Crippen LogP) is 6.59. The molecule has 2 nitrogen and oxygen atoms in total. The van der Waals surface area contributed by atoms with Crippen molar-refractivity contribution in [2.75, 3.05) is 0 Å². The van der Waals surface area contributed by atoms with Gasteiger partial charge in [0.25, 0.3) is 0 Å². The predicted molar refractivity (Wildman–Crippen MR) is 113 cm³/mol. The van der Waals surface area contributed by atoms with Gasteiger partial charge in [0.05, 0.1) is 0 Å². The number of hydrogen-bond donors (Lipinski definition) is 0. The Morgan fingerprint density at radius 1 is 0.484 bits per heavy atom. The molecule has 7 heteroatoms. The Morgan fingerprint density at radius 2 is 0.806 bits per heavy atom. The second kappa shape index (κ2) is 12.2. The van der Waals surface area contributed by atoms with Crippen LogP contribution in [0.3, 0.4) is 0 Å². The molecule has 31 heavy (non-hydrogen) atoms. The van der Waals surface area contributed by atoms with Gasteiger partial charge in [0.2, 0.25) is 0 Å². The van der Waals surface area contributed by atoms with Gasteiger partial charge >= 0.3 is 11.6 Å². The highest BCUT2D eigenvalue weighted by atomic mass is 32.1. The van der Waals surface area contributed by atoms with E-state index in [2.05, 4.69) is 0 Å². The molecule has 4 aromatic carbocycles. The molecular formula is C24H16F4O2S. The monoisotopic (exact) mass is 444 g/mol. The fraction of sp³-hybridized carbons (Fsp3) is 0. The normalized spacial score (nSPS) is 9.55. The number of halogens is 4. The second-order valence-corrected chi connectivity index (χ2v) is 6.18. The molecule has 0 N–H and O–H groups in total. The van der Waals surface area contributed by atoms with E-state index < -0.39 is 34.8 Å². The largest absolute Gasteiger partial charge is 0.335 e. The van der Waals surface area contributed by atoms with E-state index in [0.717, 1.165) is 23.3 Å². The summed E-state index contributed by atoms with van der Waals surface area (Å²) in [6.07, 6.45) is 0. The highest BCUT2D eigenvalue weighted by Gasteiger charge is 2.05. The summed E-state index contributed by atoms with van der Waals surface area (Å²) in [6, 6.07) is 25.3. The molecule has 4 aromatic rings. The maximum absolute atomic E-state index is 13.3. The van der Waals surface area contributed by atoms with Crippen LogP contribution in [0.4, 0.5) is 17.6 Å². The van der Waals surface area contributed by atoms with Crippen LogP contribution in [-0.4, -0.2) is 8.42 Å². The lowest BCUT2D eigenvalue weighted by atomic mass is 10.1. The van der Waals surface area contributed by atoms with Gasteiger partial charge in [0, 0.05) is 23.3 Å². The molecule has 0 unspecified atom stereocenters. The summed E-state index contributed by atoms with van der Waals surface area (Å²) in [7, 11) is 0. The van der Waals surface area contributed by atoms with Gasteiger partial charge in [-0.3, -0.25) is 0 Å². The van der Waals surface area contributed by atoms with Crippen LogP contribution < -0.4 is 0 Å². The molecule has 0 bridgehead atoms. The fourth-order valence-electron chi connectivity index (χ4n) is 2.68. The third-order valence-electron chi connectivity index (χ3n) is 4.03. The third kappa shape index (κ3) is 7.31. The van der Waals surface area contributed by atoms with Gasteiger partial charge in [-0.25, -0.2) is 17.6 Å². The molecule has 0 heterocycles. The first-order valence-corrected chi connectivity index (χ1v) is 9.55. The minimum absolute atomic E-state index is 0.423. The van der Waals surface area contributed by atoms with Crippen LogP contribution in [-0.2, 0) is 11.6 Å². The van der Waals surface area contributed by atoms with Crippen LogP contribution in [0.5, 0.6) is 0 Å². The summed E-state index contributed by atoms with van der Waals surface area (Å²) < 4.78 is 68.4. The van der Waals surface area contributed by atoms with Gasteiger partial charge in [-0.1, -0.05) is 60.7 Å². The van der Waals surface area contributed by atoms with Gasteiger partial charge < -0.3 is 0 Å². The Bertz CT molecular complexity index is 1060. The minimum atomic E-state index is -0.750. The van der Waals surface area contributed by atoms with E-state index in [0.29, 0.717) is 11.1 Å². The van der Waals surface area contributed by atoms with E-state index in [4.69, 9.17) is 8.42 Å². The Kier molecular flexibility index (Phi) is 9.32. The van der Waals surface area contributed by atoms with Gasteiger partial charge in [-0.05, 0) is 35.4 Å². The standard InChI is InChI=1S/2C12H8F2.O2S/c2*13-10-6-7-11(12(14)8-10)9-4-2-1-3-5-9;1-3-2/h2*1-8H;. The maximum atomic E-state index is 13.3. The summed E-state index contributed by atoms with van der Waals surface area (Å²) in [5, 5.41) is 0. The van der Waals surface area contributed by atoms with Crippen molar-refractivity contribution in [1.29, 1.82) is 0 Å². The molecule has 158 valence electrons. The lowest BCUT2D eigenvalue weighted by Gasteiger charge is -2.02. The van der Waals surface area contributed by atoms with E-state index in [9.17, 15) is 17.6 Å². The number of hydrogen-bond acceptors (Lipinski definition) is 2. The zero-order valence-electron chi connectivity index (χ0n) is 16.0. The molecular weight excluding hydrogens is 428 g/mol. The summed E-state index contributed by atoms with van der Waals surface area (Å²) in [6.45, 7) is 0. The van der Waals surface area contributed by atoms with E-state index in [1.54, 1.807) is 24.3 Å². The SMILES string of the molecule is Fc1ccc(-c2ccccc2)c(F)c1.Fc1ccc(-c2ccccc2)c(F)c1.O=S=O. The third-order valence-corrected chi connectivity index (χ3v) is 4.03. The molecule has 0 aromatic heterocycles. The molecule has 0 radical (unpaired) electrons. The van der Waals surface area contributed by atoms with Crippen LogP contribution >= 0.6 is 0 Å². The molecule has 0 aliphatic rings. The van der Waals surface area contributed by atoms with E-state index in [-0.39, 0.29) is 0 Å². The smallest absolute Gasteiger partial charge is 0.207 e. The van der Waals surface area contributed by atoms with Gasteiger partial charge in [-0.15, -0.1) is 0 Å². The number of benzene rings is 4. The molecule has 0 amide bonds. The van der Waals surface area contributed by atoms with Crippen molar-refractivity contribution in [2.45, 2.75) is 0 Å². The lowest BCUT2D eigenvalue weighted by Crippen LogP contribution is -1.85. The molecule has 4 rings (SSSR count). The summed E-state index contributed by atoms with van der Waals surface area (Å²) >= 11 is -0.750.